The number of carbonyl (C=O) groups excluding carboxylic acids is 2. The lowest BCUT2D eigenvalue weighted by atomic mass is 10.1. The highest BCUT2D eigenvalue weighted by Gasteiger charge is 2.42. The van der Waals surface area contributed by atoms with Gasteiger partial charge in [0.1, 0.15) is 11.3 Å². The predicted octanol–water partition coefficient (Wildman–Crippen LogP) is 3.02. The fraction of sp³-hybridized carbons (Fsp3) is 0.375. The van der Waals surface area contributed by atoms with Crippen molar-refractivity contribution in [2.75, 3.05) is 13.1 Å². The van der Waals surface area contributed by atoms with E-state index in [0.717, 1.165) is 18.5 Å². The summed E-state index contributed by atoms with van der Waals surface area (Å²) in [6, 6.07) is 6.21. The number of nitrogens with one attached hydrogen (secondary N) is 1. The molecule has 0 aliphatic carbocycles. The lowest BCUT2D eigenvalue weighted by molar-refractivity contribution is -0.204. The molecular weight excluding hydrogens is 341 g/mol. The molecule has 0 fully saturated rings. The van der Waals surface area contributed by atoms with Gasteiger partial charge in [0.05, 0.1) is 6.54 Å². The van der Waals surface area contributed by atoms with Gasteiger partial charge in [-0.25, -0.2) is 4.79 Å². The Hall–Kier alpha value is -2.55. The van der Waals surface area contributed by atoms with Crippen molar-refractivity contribution in [2.24, 2.45) is 0 Å². The smallest absolute Gasteiger partial charge is 0.460 e. The van der Waals surface area contributed by atoms with Gasteiger partial charge in [-0.2, -0.15) is 18.7 Å². The Morgan fingerprint density at radius 1 is 1.20 bits per heavy atom. The van der Waals surface area contributed by atoms with E-state index in [0.29, 0.717) is 17.9 Å². The van der Waals surface area contributed by atoms with Crippen LogP contribution in [0.5, 0.6) is 0 Å². The lowest BCUT2D eigenvalue weighted by Crippen LogP contribution is -2.34. The molecule has 6 nitrogen and oxygen atoms in total. The monoisotopic (exact) mass is 358 g/mol. The molecule has 1 aromatic heterocycles. The molecule has 1 aromatic carbocycles. The Balaban J connectivity index is 2.09. The zero-order chi connectivity index (χ0) is 18.6. The third-order valence-electron chi connectivity index (χ3n) is 3.58. The Bertz CT molecular complexity index is 766. The molecule has 2 rings (SSSR count). The summed E-state index contributed by atoms with van der Waals surface area (Å²) in [5, 5.41) is 0.756. The number of alkyl halides is 3. The summed E-state index contributed by atoms with van der Waals surface area (Å²) in [6.45, 7) is 6.36. The van der Waals surface area contributed by atoms with Crippen LogP contribution in [-0.4, -0.2) is 36.0 Å². The van der Waals surface area contributed by atoms with Crippen LogP contribution in [0.2, 0.25) is 0 Å². The predicted molar refractivity (Wildman–Crippen MR) is 82.5 cm³/mol. The van der Waals surface area contributed by atoms with Crippen molar-refractivity contribution in [1.29, 1.82) is 0 Å². The van der Waals surface area contributed by atoms with Crippen LogP contribution in [0.3, 0.4) is 0 Å². The molecule has 0 saturated carbocycles. The van der Waals surface area contributed by atoms with Crippen molar-refractivity contribution in [3.05, 3.63) is 35.6 Å². The van der Waals surface area contributed by atoms with Gasteiger partial charge in [0.2, 0.25) is 0 Å². The van der Waals surface area contributed by atoms with Crippen molar-refractivity contribution >= 4 is 22.8 Å². The maximum atomic E-state index is 12.0. The van der Waals surface area contributed by atoms with E-state index in [1.54, 1.807) is 6.07 Å². The minimum absolute atomic E-state index is 0.00575. The summed E-state index contributed by atoms with van der Waals surface area (Å²) in [6.07, 6.45) is -5.18. The Morgan fingerprint density at radius 2 is 1.88 bits per heavy atom. The average molecular weight is 358 g/mol. The molecule has 0 unspecified atom stereocenters. The number of nitrogens with zero attached hydrogens (tertiary/aromatic N) is 1. The first-order chi connectivity index (χ1) is 11.7. The maximum absolute atomic E-state index is 12.0. The molecule has 0 saturated heterocycles. The highest BCUT2D eigenvalue weighted by atomic mass is 19.4. The van der Waals surface area contributed by atoms with E-state index in [1.807, 2.05) is 19.9 Å². The first kappa shape index (κ1) is 18.8. The standard InChI is InChI=1S/C16H17F3N2O4/c1-3-21(4-2)9-12-7-10-5-6-11(8-13(10)24-12)14(22)20-25-15(23)16(17,18)19/h5-8H,3-4,9H2,1-2H3,(H,20,22). The van der Waals surface area contributed by atoms with Gasteiger partial charge in [0.15, 0.2) is 0 Å². The number of rotatable bonds is 5. The van der Waals surface area contributed by atoms with Crippen LogP contribution in [0.4, 0.5) is 13.2 Å². The van der Waals surface area contributed by atoms with Crippen LogP contribution in [0, 0.1) is 0 Å². The van der Waals surface area contributed by atoms with Crippen molar-refractivity contribution < 1.29 is 32.0 Å². The average Bonchev–Trinajstić information content (AvgIpc) is 2.97. The van der Waals surface area contributed by atoms with Gasteiger partial charge < -0.3 is 9.25 Å². The van der Waals surface area contributed by atoms with Crippen molar-refractivity contribution in [2.45, 2.75) is 26.6 Å². The second-order valence-electron chi connectivity index (χ2n) is 5.25. The third-order valence-corrected chi connectivity index (χ3v) is 3.58. The zero-order valence-electron chi connectivity index (χ0n) is 13.6. The second kappa shape index (κ2) is 7.56. The van der Waals surface area contributed by atoms with Gasteiger partial charge in [0.25, 0.3) is 5.91 Å². The van der Waals surface area contributed by atoms with Crippen LogP contribution in [0.25, 0.3) is 11.0 Å². The Labute approximate surface area is 141 Å². The summed E-state index contributed by atoms with van der Waals surface area (Å²) in [7, 11) is 0. The molecule has 0 bridgehead atoms. The number of hydrogen-bond donors (Lipinski definition) is 1. The van der Waals surface area contributed by atoms with E-state index in [-0.39, 0.29) is 5.56 Å². The summed E-state index contributed by atoms with van der Waals surface area (Å²) >= 11 is 0. The number of amides is 1. The molecular formula is C16H17F3N2O4. The summed E-state index contributed by atoms with van der Waals surface area (Å²) in [5.74, 6) is -2.78. The van der Waals surface area contributed by atoms with Crippen molar-refractivity contribution in [3.63, 3.8) is 0 Å². The number of hydroxylamine groups is 1. The number of halogens is 3. The quantitative estimate of drug-likeness (QED) is 0.832. The van der Waals surface area contributed by atoms with Gasteiger partial charge in [-0.05, 0) is 31.3 Å². The topological polar surface area (TPSA) is 71.8 Å². The summed E-state index contributed by atoms with van der Waals surface area (Å²) in [4.78, 5) is 28.2. The highest BCUT2D eigenvalue weighted by Crippen LogP contribution is 2.22. The largest absolute Gasteiger partial charge is 0.493 e. The van der Waals surface area contributed by atoms with Crippen molar-refractivity contribution in [1.82, 2.24) is 10.4 Å². The van der Waals surface area contributed by atoms with Gasteiger partial charge in [-0.1, -0.05) is 19.9 Å². The van der Waals surface area contributed by atoms with Gasteiger partial charge in [0, 0.05) is 10.9 Å². The van der Waals surface area contributed by atoms with E-state index in [2.05, 4.69) is 9.74 Å². The first-order valence-corrected chi connectivity index (χ1v) is 7.57. The van der Waals surface area contributed by atoms with Crippen LogP contribution >= 0.6 is 0 Å². The van der Waals surface area contributed by atoms with Crippen LogP contribution in [0.15, 0.2) is 28.7 Å². The molecule has 1 heterocycles. The van der Waals surface area contributed by atoms with Crippen LogP contribution in [-0.2, 0) is 16.2 Å². The molecule has 25 heavy (non-hydrogen) atoms. The van der Waals surface area contributed by atoms with Crippen LogP contribution < -0.4 is 5.48 Å². The molecule has 9 heteroatoms. The first-order valence-electron chi connectivity index (χ1n) is 7.57. The molecule has 0 radical (unpaired) electrons. The molecule has 0 aliphatic rings. The Kier molecular flexibility index (Phi) is 5.68. The van der Waals surface area contributed by atoms with Crippen LogP contribution in [0.1, 0.15) is 30.0 Å². The van der Waals surface area contributed by atoms with E-state index >= 15 is 0 Å². The highest BCUT2D eigenvalue weighted by molar-refractivity contribution is 5.97. The third kappa shape index (κ3) is 4.72. The molecule has 1 N–H and O–H groups in total. The van der Waals surface area contributed by atoms with Gasteiger partial charge in [-0.3, -0.25) is 9.69 Å². The van der Waals surface area contributed by atoms with E-state index in [1.165, 1.54) is 17.6 Å². The lowest BCUT2D eigenvalue weighted by Gasteiger charge is -2.15. The van der Waals surface area contributed by atoms with Crippen molar-refractivity contribution in [3.8, 4) is 0 Å². The fourth-order valence-electron chi connectivity index (χ4n) is 2.18. The molecule has 0 aliphatic heterocycles. The maximum Gasteiger partial charge on any atom is 0.493 e. The normalized spacial score (nSPS) is 11.8. The number of benzene rings is 1. The van der Waals surface area contributed by atoms with E-state index in [4.69, 9.17) is 4.42 Å². The minimum atomic E-state index is -5.18. The number of fused-ring (bicyclic) bond motifs is 1. The molecule has 136 valence electrons. The Morgan fingerprint density at radius 3 is 2.48 bits per heavy atom. The minimum Gasteiger partial charge on any atom is -0.460 e. The fourth-order valence-corrected chi connectivity index (χ4v) is 2.18. The number of furan rings is 1. The summed E-state index contributed by atoms with van der Waals surface area (Å²) < 4.78 is 41.8. The number of carbonyl (C=O) groups is 2. The number of hydrogen-bond acceptors (Lipinski definition) is 5. The van der Waals surface area contributed by atoms with Gasteiger partial charge >= 0.3 is 12.1 Å². The van der Waals surface area contributed by atoms with E-state index in [9.17, 15) is 22.8 Å². The van der Waals surface area contributed by atoms with Gasteiger partial charge in [-0.15, -0.1) is 0 Å². The summed E-state index contributed by atoms with van der Waals surface area (Å²) in [5.41, 5.74) is 1.89. The molecule has 0 spiro atoms. The zero-order valence-corrected chi connectivity index (χ0v) is 13.6. The SMILES string of the molecule is CCN(CC)Cc1cc2ccc(C(=O)NOC(=O)C(F)(F)F)cc2o1. The van der Waals surface area contributed by atoms with E-state index < -0.39 is 18.1 Å². The molecule has 1 amide bonds. The molecule has 0 atom stereocenters. The second-order valence-corrected chi connectivity index (χ2v) is 5.25. The molecule has 2 aromatic rings.